The molecule has 0 unspecified atom stereocenters. The number of benzene rings is 2. The average Bonchev–Trinajstić information content (AvgIpc) is 3.00. The van der Waals surface area contributed by atoms with E-state index in [0.717, 1.165) is 20.8 Å². The topological polar surface area (TPSA) is 88.2 Å². The summed E-state index contributed by atoms with van der Waals surface area (Å²) in [6, 6.07) is 14.0. The third kappa shape index (κ3) is 4.27. The number of aryl methyl sites for hydroxylation is 1. The fraction of sp³-hybridized carbons (Fsp3) is 0.222. The van der Waals surface area contributed by atoms with Gasteiger partial charge in [0.25, 0.3) is 0 Å². The minimum Gasteiger partial charge on any atom is -0.348 e. The summed E-state index contributed by atoms with van der Waals surface area (Å²) >= 11 is 1.43. The maximum absolute atomic E-state index is 12.4. The summed E-state index contributed by atoms with van der Waals surface area (Å²) in [5.41, 5.74) is 1.72. The van der Waals surface area contributed by atoms with Gasteiger partial charge in [-0.3, -0.25) is 4.79 Å². The zero-order chi connectivity index (χ0) is 18.7. The molecule has 0 bridgehead atoms. The number of carbonyl (C=O) groups is 1. The third-order valence-corrected chi connectivity index (χ3v) is 6.21. The number of amides is 1. The molecule has 3 aromatic rings. The minimum absolute atomic E-state index is 0.123. The molecule has 0 fully saturated rings. The summed E-state index contributed by atoms with van der Waals surface area (Å²) in [5.74, 6) is -0.389. The number of nitrogens with zero attached hydrogens (tertiary/aromatic N) is 1. The van der Waals surface area contributed by atoms with Crippen molar-refractivity contribution in [1.29, 1.82) is 0 Å². The van der Waals surface area contributed by atoms with E-state index in [1.807, 2.05) is 44.2 Å². The molecule has 1 aromatic heterocycles. The molecule has 0 aliphatic rings. The molecule has 136 valence electrons. The predicted molar refractivity (Wildman–Crippen MR) is 103 cm³/mol. The molecule has 2 N–H and O–H groups in total. The number of hydrogen-bond acceptors (Lipinski definition) is 5. The summed E-state index contributed by atoms with van der Waals surface area (Å²) in [4.78, 5) is 16.5. The van der Waals surface area contributed by atoms with Crippen LogP contribution in [0.2, 0.25) is 0 Å². The Morgan fingerprint density at radius 2 is 1.92 bits per heavy atom. The highest BCUT2D eigenvalue weighted by molar-refractivity contribution is 7.89. The van der Waals surface area contributed by atoms with E-state index >= 15 is 0 Å². The van der Waals surface area contributed by atoms with Gasteiger partial charge in [0.2, 0.25) is 15.9 Å². The first-order valence-electron chi connectivity index (χ1n) is 8.06. The molecule has 1 heterocycles. The Kier molecular flexibility index (Phi) is 5.36. The molecule has 0 radical (unpaired) electrons. The number of sulfonamides is 1. The highest BCUT2D eigenvalue weighted by atomic mass is 32.2. The molecule has 1 atom stereocenters. The van der Waals surface area contributed by atoms with Crippen molar-refractivity contribution >= 4 is 37.5 Å². The highest BCUT2D eigenvalue weighted by Crippen LogP contribution is 2.24. The lowest BCUT2D eigenvalue weighted by Crippen LogP contribution is -2.38. The minimum atomic E-state index is -3.77. The largest absolute Gasteiger partial charge is 0.348 e. The zero-order valence-electron chi connectivity index (χ0n) is 14.4. The number of thiazole rings is 1. The summed E-state index contributed by atoms with van der Waals surface area (Å²) in [5, 5.41) is 3.65. The Labute approximate surface area is 156 Å². The molecule has 6 nitrogen and oxygen atoms in total. The molecule has 0 aliphatic carbocycles. The van der Waals surface area contributed by atoms with E-state index in [0.29, 0.717) is 0 Å². The van der Waals surface area contributed by atoms with Crippen LogP contribution in [0.3, 0.4) is 0 Å². The van der Waals surface area contributed by atoms with Crippen LogP contribution >= 0.6 is 11.3 Å². The van der Waals surface area contributed by atoms with Gasteiger partial charge in [0.1, 0.15) is 0 Å². The molecule has 0 saturated heterocycles. The Bertz CT molecular complexity index is 1030. The van der Waals surface area contributed by atoms with Gasteiger partial charge < -0.3 is 5.32 Å². The van der Waals surface area contributed by atoms with Crippen LogP contribution in [0.1, 0.15) is 23.5 Å². The molecular formula is C18H19N3O3S2. The molecule has 8 heteroatoms. The van der Waals surface area contributed by atoms with E-state index in [1.165, 1.54) is 17.4 Å². The number of nitrogens with one attached hydrogen (secondary N) is 2. The van der Waals surface area contributed by atoms with Crippen LogP contribution in [-0.4, -0.2) is 25.9 Å². The third-order valence-electron chi connectivity index (χ3n) is 3.88. The van der Waals surface area contributed by atoms with E-state index in [-0.39, 0.29) is 23.4 Å². The average molecular weight is 390 g/mol. The normalized spacial score (nSPS) is 12.8. The quantitative estimate of drug-likeness (QED) is 0.678. The highest BCUT2D eigenvalue weighted by Gasteiger charge is 2.18. The number of fused-ring (bicyclic) bond motifs is 1. The van der Waals surface area contributed by atoms with Crippen molar-refractivity contribution in [3.05, 3.63) is 59.1 Å². The van der Waals surface area contributed by atoms with E-state index in [2.05, 4.69) is 15.0 Å². The first kappa shape index (κ1) is 18.5. The Morgan fingerprint density at radius 1 is 1.19 bits per heavy atom. The molecule has 0 spiro atoms. The lowest BCUT2D eigenvalue weighted by atomic mass is 10.1. The molecule has 0 aliphatic heterocycles. The second-order valence-electron chi connectivity index (χ2n) is 5.89. The Morgan fingerprint density at radius 3 is 2.65 bits per heavy atom. The van der Waals surface area contributed by atoms with Crippen LogP contribution in [0.15, 0.2) is 53.4 Å². The van der Waals surface area contributed by atoms with Crippen LogP contribution in [-0.2, 0) is 14.8 Å². The van der Waals surface area contributed by atoms with Gasteiger partial charge in [-0.25, -0.2) is 18.1 Å². The van der Waals surface area contributed by atoms with Crippen molar-refractivity contribution in [2.75, 3.05) is 6.54 Å². The van der Waals surface area contributed by atoms with Gasteiger partial charge in [-0.2, -0.15) is 0 Å². The van der Waals surface area contributed by atoms with Crippen LogP contribution in [0.25, 0.3) is 10.2 Å². The molecule has 0 saturated carbocycles. The smallest absolute Gasteiger partial charge is 0.241 e. The van der Waals surface area contributed by atoms with Crippen molar-refractivity contribution in [2.24, 2.45) is 0 Å². The first-order chi connectivity index (χ1) is 12.3. The van der Waals surface area contributed by atoms with Crippen molar-refractivity contribution in [2.45, 2.75) is 24.8 Å². The van der Waals surface area contributed by atoms with Gasteiger partial charge in [-0.05, 0) is 37.6 Å². The SMILES string of the molecule is Cc1nc2ccc(S(=O)(=O)NCC(=O)N[C@H](C)c3ccccc3)cc2s1. The maximum atomic E-state index is 12.4. The summed E-state index contributed by atoms with van der Waals surface area (Å²) in [6.07, 6.45) is 0. The molecule has 1 amide bonds. The van der Waals surface area contributed by atoms with E-state index in [9.17, 15) is 13.2 Å². The number of hydrogen-bond donors (Lipinski definition) is 2. The van der Waals surface area contributed by atoms with Crippen LogP contribution in [0.4, 0.5) is 0 Å². The number of carbonyl (C=O) groups excluding carboxylic acids is 1. The van der Waals surface area contributed by atoms with Crippen LogP contribution in [0, 0.1) is 6.92 Å². The first-order valence-corrected chi connectivity index (χ1v) is 10.4. The molecular weight excluding hydrogens is 370 g/mol. The van der Waals surface area contributed by atoms with Crippen molar-refractivity contribution in [3.63, 3.8) is 0 Å². The lowest BCUT2D eigenvalue weighted by Gasteiger charge is -2.14. The van der Waals surface area contributed by atoms with Crippen molar-refractivity contribution in [3.8, 4) is 0 Å². The predicted octanol–water partition coefficient (Wildman–Crippen LogP) is 2.76. The maximum Gasteiger partial charge on any atom is 0.241 e. The van der Waals surface area contributed by atoms with Gasteiger partial charge in [0.15, 0.2) is 0 Å². The summed E-state index contributed by atoms with van der Waals surface area (Å²) in [6.45, 7) is 3.40. The van der Waals surface area contributed by atoms with Gasteiger partial charge in [0.05, 0.1) is 32.7 Å². The summed E-state index contributed by atoms with van der Waals surface area (Å²) in [7, 11) is -3.77. The second kappa shape index (κ2) is 7.53. The van der Waals surface area contributed by atoms with E-state index < -0.39 is 10.0 Å². The van der Waals surface area contributed by atoms with Crippen LogP contribution in [0.5, 0.6) is 0 Å². The van der Waals surface area contributed by atoms with Gasteiger partial charge in [-0.1, -0.05) is 30.3 Å². The molecule has 3 rings (SSSR count). The molecule has 2 aromatic carbocycles. The van der Waals surface area contributed by atoms with E-state index in [1.54, 1.807) is 12.1 Å². The van der Waals surface area contributed by atoms with E-state index in [4.69, 9.17) is 0 Å². The van der Waals surface area contributed by atoms with Crippen LogP contribution < -0.4 is 10.0 Å². The fourth-order valence-corrected chi connectivity index (χ4v) is 4.50. The zero-order valence-corrected chi connectivity index (χ0v) is 16.0. The van der Waals surface area contributed by atoms with Gasteiger partial charge in [0, 0.05) is 0 Å². The van der Waals surface area contributed by atoms with Gasteiger partial charge in [-0.15, -0.1) is 11.3 Å². The lowest BCUT2D eigenvalue weighted by molar-refractivity contribution is -0.120. The Balaban J connectivity index is 1.64. The van der Waals surface area contributed by atoms with Crippen molar-refractivity contribution < 1.29 is 13.2 Å². The second-order valence-corrected chi connectivity index (χ2v) is 8.89. The fourth-order valence-electron chi connectivity index (χ4n) is 2.55. The molecule has 26 heavy (non-hydrogen) atoms. The monoisotopic (exact) mass is 389 g/mol. The van der Waals surface area contributed by atoms with Crippen molar-refractivity contribution in [1.82, 2.24) is 15.0 Å². The van der Waals surface area contributed by atoms with Gasteiger partial charge >= 0.3 is 0 Å². The number of rotatable bonds is 6. The summed E-state index contributed by atoms with van der Waals surface area (Å²) < 4.78 is 28.0. The Hall–Kier alpha value is -2.29. The standard InChI is InChI=1S/C18H19N3O3S2/c1-12(14-6-4-3-5-7-14)20-18(22)11-19-26(23,24)15-8-9-16-17(10-15)25-13(2)21-16/h3-10,12,19H,11H2,1-2H3,(H,20,22)/t12-/m1/s1. The number of aromatic nitrogens is 1.